The van der Waals surface area contributed by atoms with Crippen LogP contribution in [0, 0.1) is 0 Å². The maximum Gasteiger partial charge on any atom is 0.0582 e. The highest BCUT2D eigenvalue weighted by molar-refractivity contribution is 5.00. The van der Waals surface area contributed by atoms with Crippen molar-refractivity contribution in [2.45, 2.75) is 33.0 Å². The van der Waals surface area contributed by atoms with Crippen molar-refractivity contribution < 1.29 is 5.11 Å². The minimum Gasteiger partial charge on any atom is -0.395 e. The number of aliphatic hydroxyl groups excluding tert-OH is 1. The third kappa shape index (κ3) is 2.82. The second kappa shape index (κ2) is 4.99. The molecule has 4 heteroatoms. The number of aromatic nitrogens is 2. The number of hydrogen-bond donors (Lipinski definition) is 2. The van der Waals surface area contributed by atoms with Gasteiger partial charge in [-0.2, -0.15) is 5.10 Å². The first-order valence-electron chi connectivity index (χ1n) is 4.62. The third-order valence-electron chi connectivity index (χ3n) is 2.01. The fourth-order valence-electron chi connectivity index (χ4n) is 1.14. The Hall–Kier alpha value is -0.870. The van der Waals surface area contributed by atoms with Gasteiger partial charge in [0.1, 0.15) is 0 Å². The molecular formula is C9H17N3O. The molecule has 0 aliphatic rings. The molecule has 13 heavy (non-hydrogen) atoms. The number of aryl methyl sites for hydroxylation is 1. The van der Waals surface area contributed by atoms with Gasteiger partial charge in [-0.1, -0.05) is 0 Å². The summed E-state index contributed by atoms with van der Waals surface area (Å²) in [6, 6.07) is 2.13. The average molecular weight is 183 g/mol. The number of rotatable bonds is 5. The van der Waals surface area contributed by atoms with E-state index in [4.69, 9.17) is 5.11 Å². The molecule has 0 saturated heterocycles. The van der Waals surface area contributed by atoms with Crippen molar-refractivity contribution in [2.24, 2.45) is 0 Å². The van der Waals surface area contributed by atoms with Crippen molar-refractivity contribution in [1.82, 2.24) is 15.1 Å². The standard InChI is InChI=1S/C9H17N3O/c1-3-12-9(4-5-11-12)6-10-8(2)7-13/h4-5,8,10,13H,3,6-7H2,1-2H3. The van der Waals surface area contributed by atoms with E-state index in [1.807, 2.05) is 17.7 Å². The average Bonchev–Trinajstić information content (AvgIpc) is 2.61. The maximum absolute atomic E-state index is 8.80. The van der Waals surface area contributed by atoms with Gasteiger partial charge in [0.2, 0.25) is 0 Å². The molecule has 0 aromatic carbocycles. The molecule has 0 spiro atoms. The first-order chi connectivity index (χ1) is 6.27. The molecule has 2 N–H and O–H groups in total. The molecule has 74 valence electrons. The summed E-state index contributed by atoms with van der Waals surface area (Å²) in [5, 5.41) is 16.2. The molecule has 0 aliphatic heterocycles. The molecule has 0 saturated carbocycles. The Morgan fingerprint density at radius 2 is 2.46 bits per heavy atom. The Labute approximate surface area is 78.6 Å². The zero-order valence-electron chi connectivity index (χ0n) is 8.20. The zero-order chi connectivity index (χ0) is 9.68. The van der Waals surface area contributed by atoms with Crippen LogP contribution in [0.2, 0.25) is 0 Å². The lowest BCUT2D eigenvalue weighted by molar-refractivity contribution is 0.250. The summed E-state index contributed by atoms with van der Waals surface area (Å²) >= 11 is 0. The molecule has 0 amide bonds. The Morgan fingerprint density at radius 1 is 1.69 bits per heavy atom. The summed E-state index contributed by atoms with van der Waals surface area (Å²) in [5.41, 5.74) is 1.16. The lowest BCUT2D eigenvalue weighted by Gasteiger charge is -2.11. The van der Waals surface area contributed by atoms with E-state index in [2.05, 4.69) is 17.3 Å². The molecule has 1 aromatic rings. The lowest BCUT2D eigenvalue weighted by atomic mass is 10.3. The number of aliphatic hydroxyl groups is 1. The summed E-state index contributed by atoms with van der Waals surface area (Å²) in [5.74, 6) is 0. The number of hydrogen-bond acceptors (Lipinski definition) is 3. The van der Waals surface area contributed by atoms with Crippen LogP contribution in [-0.4, -0.2) is 27.5 Å². The van der Waals surface area contributed by atoms with E-state index in [1.54, 1.807) is 6.20 Å². The van der Waals surface area contributed by atoms with Crippen LogP contribution < -0.4 is 5.32 Å². The van der Waals surface area contributed by atoms with Gasteiger partial charge in [0, 0.05) is 25.3 Å². The fraction of sp³-hybridized carbons (Fsp3) is 0.667. The summed E-state index contributed by atoms with van der Waals surface area (Å²) in [7, 11) is 0. The second-order valence-corrected chi connectivity index (χ2v) is 3.10. The first kappa shape index (κ1) is 10.2. The molecular weight excluding hydrogens is 166 g/mol. The molecule has 0 radical (unpaired) electrons. The predicted molar refractivity (Wildman–Crippen MR) is 51.3 cm³/mol. The number of nitrogens with one attached hydrogen (secondary N) is 1. The first-order valence-corrected chi connectivity index (χ1v) is 4.62. The minimum absolute atomic E-state index is 0.139. The van der Waals surface area contributed by atoms with Gasteiger partial charge in [-0.05, 0) is 19.9 Å². The largest absolute Gasteiger partial charge is 0.395 e. The SMILES string of the molecule is CCn1nccc1CNC(C)CO. The smallest absolute Gasteiger partial charge is 0.0582 e. The van der Waals surface area contributed by atoms with Crippen molar-refractivity contribution in [2.75, 3.05) is 6.61 Å². The molecule has 1 unspecified atom stereocenters. The Kier molecular flexibility index (Phi) is 3.92. The molecule has 1 aromatic heterocycles. The summed E-state index contributed by atoms with van der Waals surface area (Å²) in [4.78, 5) is 0. The van der Waals surface area contributed by atoms with Crippen molar-refractivity contribution >= 4 is 0 Å². The lowest BCUT2D eigenvalue weighted by Crippen LogP contribution is -2.29. The highest BCUT2D eigenvalue weighted by Gasteiger charge is 2.02. The monoisotopic (exact) mass is 183 g/mol. The molecule has 4 nitrogen and oxygen atoms in total. The minimum atomic E-state index is 0.139. The van der Waals surface area contributed by atoms with Crippen molar-refractivity contribution in [3.8, 4) is 0 Å². The van der Waals surface area contributed by atoms with Crippen LogP contribution in [0.4, 0.5) is 0 Å². The molecule has 0 bridgehead atoms. The topological polar surface area (TPSA) is 50.1 Å². The van der Waals surface area contributed by atoms with Crippen LogP contribution in [0.25, 0.3) is 0 Å². The summed E-state index contributed by atoms with van der Waals surface area (Å²) < 4.78 is 1.94. The van der Waals surface area contributed by atoms with Gasteiger partial charge in [0.25, 0.3) is 0 Å². The van der Waals surface area contributed by atoms with Gasteiger partial charge in [0.15, 0.2) is 0 Å². The highest BCUT2D eigenvalue weighted by Crippen LogP contribution is 1.98. The van der Waals surface area contributed by atoms with Gasteiger partial charge in [-0.25, -0.2) is 0 Å². The maximum atomic E-state index is 8.80. The Bertz CT molecular complexity index is 247. The molecule has 1 rings (SSSR count). The molecule has 1 heterocycles. The summed E-state index contributed by atoms with van der Waals surface area (Å²) in [6.07, 6.45) is 1.80. The van der Waals surface area contributed by atoms with Crippen LogP contribution in [0.5, 0.6) is 0 Å². The zero-order valence-corrected chi connectivity index (χ0v) is 8.20. The predicted octanol–water partition coefficient (Wildman–Crippen LogP) is 0.373. The third-order valence-corrected chi connectivity index (χ3v) is 2.01. The van der Waals surface area contributed by atoms with Crippen LogP contribution >= 0.6 is 0 Å². The van der Waals surface area contributed by atoms with Crippen LogP contribution in [0.1, 0.15) is 19.5 Å². The van der Waals surface area contributed by atoms with E-state index in [1.165, 1.54) is 0 Å². The highest BCUT2D eigenvalue weighted by atomic mass is 16.3. The van der Waals surface area contributed by atoms with E-state index in [-0.39, 0.29) is 12.6 Å². The molecule has 1 atom stereocenters. The van der Waals surface area contributed by atoms with E-state index in [0.29, 0.717) is 0 Å². The number of nitrogens with zero attached hydrogens (tertiary/aromatic N) is 2. The second-order valence-electron chi connectivity index (χ2n) is 3.10. The van der Waals surface area contributed by atoms with E-state index >= 15 is 0 Å². The summed E-state index contributed by atoms with van der Waals surface area (Å²) in [6.45, 7) is 5.83. The van der Waals surface area contributed by atoms with Crippen LogP contribution in [0.15, 0.2) is 12.3 Å². The molecule has 0 aliphatic carbocycles. The normalized spacial score (nSPS) is 13.2. The van der Waals surface area contributed by atoms with Crippen LogP contribution in [-0.2, 0) is 13.1 Å². The van der Waals surface area contributed by atoms with Gasteiger partial charge >= 0.3 is 0 Å². The quantitative estimate of drug-likeness (QED) is 0.693. The fourth-order valence-corrected chi connectivity index (χ4v) is 1.14. The van der Waals surface area contributed by atoms with E-state index in [9.17, 15) is 0 Å². The van der Waals surface area contributed by atoms with E-state index < -0.39 is 0 Å². The van der Waals surface area contributed by atoms with Gasteiger partial charge in [0.05, 0.1) is 12.3 Å². The van der Waals surface area contributed by atoms with Crippen LogP contribution in [0.3, 0.4) is 0 Å². The van der Waals surface area contributed by atoms with E-state index in [0.717, 1.165) is 18.8 Å². The molecule has 0 fully saturated rings. The van der Waals surface area contributed by atoms with Crippen molar-refractivity contribution in [1.29, 1.82) is 0 Å². The van der Waals surface area contributed by atoms with Gasteiger partial charge in [-0.3, -0.25) is 4.68 Å². The Balaban J connectivity index is 2.44. The van der Waals surface area contributed by atoms with Gasteiger partial charge < -0.3 is 10.4 Å². The van der Waals surface area contributed by atoms with Gasteiger partial charge in [-0.15, -0.1) is 0 Å². The van der Waals surface area contributed by atoms with Crippen molar-refractivity contribution in [3.05, 3.63) is 18.0 Å². The van der Waals surface area contributed by atoms with Crippen molar-refractivity contribution in [3.63, 3.8) is 0 Å². The Morgan fingerprint density at radius 3 is 3.08 bits per heavy atom.